The quantitative estimate of drug-likeness (QED) is 0.847. The first-order valence-corrected chi connectivity index (χ1v) is 5.39. The van der Waals surface area contributed by atoms with E-state index in [9.17, 15) is 0 Å². The fourth-order valence-electron chi connectivity index (χ4n) is 1.34. The van der Waals surface area contributed by atoms with E-state index in [1.165, 1.54) is 0 Å². The van der Waals surface area contributed by atoms with E-state index in [1.807, 2.05) is 19.3 Å². The van der Waals surface area contributed by atoms with Crippen LogP contribution in [0.15, 0.2) is 12.3 Å². The molecular weight excluding hydrogens is 305 g/mol. The average Bonchev–Trinajstić information content (AvgIpc) is 2.75. The standard InChI is InChI=1S/C9H8IN5/c1-15-5-6(9(10)14-15)2-7-3-8(4-11)13-12-7/h3,5H,2H2,1H3,(H,12,13). The summed E-state index contributed by atoms with van der Waals surface area (Å²) in [6.45, 7) is 0. The van der Waals surface area contributed by atoms with Gasteiger partial charge in [0.05, 0.1) is 0 Å². The third kappa shape index (κ3) is 2.18. The molecule has 1 N–H and O–H groups in total. The molecule has 0 spiro atoms. The number of aryl methyl sites for hydroxylation is 1. The summed E-state index contributed by atoms with van der Waals surface area (Å²) in [5.74, 6) is 0. The fraction of sp³-hybridized carbons (Fsp3) is 0.222. The van der Waals surface area contributed by atoms with Crippen molar-refractivity contribution < 1.29 is 0 Å². The molecule has 0 atom stereocenters. The summed E-state index contributed by atoms with van der Waals surface area (Å²) >= 11 is 2.19. The third-order valence-electron chi connectivity index (χ3n) is 1.98. The molecule has 2 rings (SSSR count). The van der Waals surface area contributed by atoms with E-state index in [0.717, 1.165) is 21.4 Å². The molecule has 0 bridgehead atoms. The van der Waals surface area contributed by atoms with Crippen LogP contribution in [-0.4, -0.2) is 20.0 Å². The topological polar surface area (TPSA) is 70.3 Å². The Morgan fingerprint density at radius 2 is 2.47 bits per heavy atom. The largest absolute Gasteiger partial charge is 0.281 e. The highest BCUT2D eigenvalue weighted by atomic mass is 127. The van der Waals surface area contributed by atoms with Gasteiger partial charge in [0, 0.05) is 30.9 Å². The predicted molar refractivity (Wildman–Crippen MR) is 62.0 cm³/mol. The zero-order chi connectivity index (χ0) is 10.8. The highest BCUT2D eigenvalue weighted by molar-refractivity contribution is 14.1. The van der Waals surface area contributed by atoms with Crippen molar-refractivity contribution in [2.24, 2.45) is 7.05 Å². The van der Waals surface area contributed by atoms with E-state index in [2.05, 4.69) is 37.9 Å². The molecule has 5 nitrogen and oxygen atoms in total. The van der Waals surface area contributed by atoms with E-state index >= 15 is 0 Å². The molecule has 6 heteroatoms. The molecular formula is C9H8IN5. The Hall–Kier alpha value is -1.36. The average molecular weight is 313 g/mol. The van der Waals surface area contributed by atoms with Crippen LogP contribution in [-0.2, 0) is 13.5 Å². The molecule has 0 amide bonds. The molecule has 0 aliphatic carbocycles. The summed E-state index contributed by atoms with van der Waals surface area (Å²) in [7, 11) is 1.89. The smallest absolute Gasteiger partial charge is 0.162 e. The monoisotopic (exact) mass is 313 g/mol. The molecule has 0 saturated heterocycles. The molecule has 2 heterocycles. The minimum absolute atomic E-state index is 0.420. The van der Waals surface area contributed by atoms with Crippen molar-refractivity contribution in [2.75, 3.05) is 0 Å². The summed E-state index contributed by atoms with van der Waals surface area (Å²) in [4.78, 5) is 0. The van der Waals surface area contributed by atoms with Crippen molar-refractivity contribution in [2.45, 2.75) is 6.42 Å². The van der Waals surface area contributed by atoms with Crippen LogP contribution in [0.5, 0.6) is 0 Å². The van der Waals surface area contributed by atoms with Crippen LogP contribution in [0.1, 0.15) is 17.0 Å². The Balaban J connectivity index is 2.22. The Labute approximate surface area is 100 Å². The van der Waals surface area contributed by atoms with Gasteiger partial charge >= 0.3 is 0 Å². The lowest BCUT2D eigenvalue weighted by molar-refractivity contribution is 0.759. The van der Waals surface area contributed by atoms with Gasteiger partial charge in [0.15, 0.2) is 5.69 Å². The zero-order valence-electron chi connectivity index (χ0n) is 8.03. The molecule has 2 aromatic rings. The van der Waals surface area contributed by atoms with Gasteiger partial charge in [0.25, 0.3) is 0 Å². The molecule has 0 aromatic carbocycles. The molecule has 0 unspecified atom stereocenters. The highest BCUT2D eigenvalue weighted by Gasteiger charge is 2.07. The second kappa shape index (κ2) is 4.02. The molecule has 0 fully saturated rings. The maximum Gasteiger partial charge on any atom is 0.162 e. The van der Waals surface area contributed by atoms with Crippen molar-refractivity contribution >= 4 is 22.6 Å². The second-order valence-electron chi connectivity index (χ2n) is 3.19. The Morgan fingerprint density at radius 1 is 1.67 bits per heavy atom. The second-order valence-corrected chi connectivity index (χ2v) is 4.21. The Bertz CT molecular complexity index is 519. The number of nitriles is 1. The lowest BCUT2D eigenvalue weighted by Gasteiger charge is -1.92. The summed E-state index contributed by atoms with van der Waals surface area (Å²) in [5, 5.41) is 19.5. The van der Waals surface area contributed by atoms with Gasteiger partial charge < -0.3 is 0 Å². The lowest BCUT2D eigenvalue weighted by atomic mass is 10.2. The van der Waals surface area contributed by atoms with Crippen LogP contribution in [0.2, 0.25) is 0 Å². The number of H-pyrrole nitrogens is 1. The fourth-order valence-corrected chi connectivity index (χ4v) is 2.01. The first-order chi connectivity index (χ1) is 7.19. The number of hydrogen-bond acceptors (Lipinski definition) is 3. The van der Waals surface area contributed by atoms with E-state index in [-0.39, 0.29) is 0 Å². The predicted octanol–water partition coefficient (Wildman–Crippen LogP) is 1.21. The van der Waals surface area contributed by atoms with Gasteiger partial charge in [-0.3, -0.25) is 9.78 Å². The SMILES string of the molecule is Cn1cc(Cc2cc(C#N)n[nH]2)c(I)n1. The summed E-state index contributed by atoms with van der Waals surface area (Å²) in [6.07, 6.45) is 2.69. The number of aromatic amines is 1. The number of hydrogen-bond donors (Lipinski definition) is 1. The minimum Gasteiger partial charge on any atom is -0.281 e. The van der Waals surface area contributed by atoms with E-state index < -0.39 is 0 Å². The van der Waals surface area contributed by atoms with Crippen molar-refractivity contribution in [3.05, 3.63) is 32.9 Å². The van der Waals surface area contributed by atoms with Crippen LogP contribution in [0.4, 0.5) is 0 Å². The van der Waals surface area contributed by atoms with Crippen molar-refractivity contribution in [3.63, 3.8) is 0 Å². The maximum atomic E-state index is 8.63. The van der Waals surface area contributed by atoms with Crippen molar-refractivity contribution in [1.82, 2.24) is 20.0 Å². The number of nitrogens with zero attached hydrogens (tertiary/aromatic N) is 4. The van der Waals surface area contributed by atoms with Crippen LogP contribution in [0.3, 0.4) is 0 Å². The third-order valence-corrected chi connectivity index (χ3v) is 2.89. The minimum atomic E-state index is 0.420. The zero-order valence-corrected chi connectivity index (χ0v) is 10.2. The van der Waals surface area contributed by atoms with Crippen LogP contribution < -0.4 is 0 Å². The number of nitrogens with one attached hydrogen (secondary N) is 1. The molecule has 15 heavy (non-hydrogen) atoms. The highest BCUT2D eigenvalue weighted by Crippen LogP contribution is 2.13. The Kier molecular flexibility index (Phi) is 2.73. The van der Waals surface area contributed by atoms with Crippen LogP contribution in [0.25, 0.3) is 0 Å². The summed E-state index contributed by atoms with van der Waals surface area (Å²) in [5.41, 5.74) is 2.48. The molecule has 2 aromatic heterocycles. The van der Waals surface area contributed by atoms with Gasteiger partial charge in [-0.1, -0.05) is 0 Å². The van der Waals surface area contributed by atoms with Gasteiger partial charge in [-0.05, 0) is 28.7 Å². The number of aromatic nitrogens is 4. The lowest BCUT2D eigenvalue weighted by Crippen LogP contribution is -1.88. The first-order valence-electron chi connectivity index (χ1n) is 4.31. The first kappa shape index (κ1) is 10.2. The van der Waals surface area contributed by atoms with Crippen LogP contribution >= 0.6 is 22.6 Å². The molecule has 76 valence electrons. The van der Waals surface area contributed by atoms with Gasteiger partial charge in [0.1, 0.15) is 9.77 Å². The van der Waals surface area contributed by atoms with Crippen LogP contribution in [0, 0.1) is 15.0 Å². The van der Waals surface area contributed by atoms with E-state index in [4.69, 9.17) is 5.26 Å². The summed E-state index contributed by atoms with van der Waals surface area (Å²) in [6, 6.07) is 3.74. The number of halogens is 1. The van der Waals surface area contributed by atoms with Gasteiger partial charge in [-0.15, -0.1) is 0 Å². The molecule has 0 aliphatic rings. The maximum absolute atomic E-state index is 8.63. The Morgan fingerprint density at radius 3 is 3.00 bits per heavy atom. The van der Waals surface area contributed by atoms with Gasteiger partial charge in [-0.2, -0.15) is 15.5 Å². The van der Waals surface area contributed by atoms with Crippen molar-refractivity contribution in [3.8, 4) is 6.07 Å². The number of rotatable bonds is 2. The molecule has 0 radical (unpaired) electrons. The van der Waals surface area contributed by atoms with Gasteiger partial charge in [0.2, 0.25) is 0 Å². The van der Waals surface area contributed by atoms with Gasteiger partial charge in [-0.25, -0.2) is 0 Å². The molecule has 0 saturated carbocycles. The van der Waals surface area contributed by atoms with E-state index in [0.29, 0.717) is 5.69 Å². The van der Waals surface area contributed by atoms with Crippen molar-refractivity contribution in [1.29, 1.82) is 5.26 Å². The van der Waals surface area contributed by atoms with E-state index in [1.54, 1.807) is 10.7 Å². The summed E-state index contributed by atoms with van der Waals surface area (Å²) < 4.78 is 2.75. The normalized spacial score (nSPS) is 10.2. The molecule has 0 aliphatic heterocycles.